The molecule has 0 spiro atoms. The number of H-pyrrole nitrogens is 1. The number of carbonyl (C=O) groups excluding carboxylic acids is 1. The number of ether oxygens (including phenoxy) is 1. The van der Waals surface area contributed by atoms with E-state index in [0.29, 0.717) is 5.69 Å². The van der Waals surface area contributed by atoms with E-state index < -0.39 is 0 Å². The van der Waals surface area contributed by atoms with Crippen molar-refractivity contribution in [1.82, 2.24) is 20.0 Å². The van der Waals surface area contributed by atoms with Crippen molar-refractivity contribution in [2.45, 2.75) is 51.7 Å². The molecule has 23 heavy (non-hydrogen) atoms. The summed E-state index contributed by atoms with van der Waals surface area (Å²) in [6, 6.07) is 0. The van der Waals surface area contributed by atoms with Crippen LogP contribution in [0, 0.1) is 0 Å². The highest BCUT2D eigenvalue weighted by Crippen LogP contribution is 2.30. The molecule has 2 aliphatic heterocycles. The third-order valence-electron chi connectivity index (χ3n) is 4.98. The van der Waals surface area contributed by atoms with Gasteiger partial charge in [0, 0.05) is 32.1 Å². The van der Waals surface area contributed by atoms with Crippen molar-refractivity contribution in [1.29, 1.82) is 0 Å². The number of nitrogens with zero attached hydrogens (tertiary/aromatic N) is 3. The summed E-state index contributed by atoms with van der Waals surface area (Å²) < 4.78 is 5.79. The Morgan fingerprint density at radius 2 is 2.09 bits per heavy atom. The Morgan fingerprint density at radius 1 is 1.35 bits per heavy atom. The van der Waals surface area contributed by atoms with E-state index in [-0.39, 0.29) is 18.1 Å². The van der Waals surface area contributed by atoms with E-state index in [4.69, 9.17) is 4.74 Å². The fourth-order valence-electron chi connectivity index (χ4n) is 3.61. The number of likely N-dealkylation sites (N-methyl/N-ethyl adjacent to an activating group) is 1. The highest BCUT2D eigenvalue weighted by molar-refractivity contribution is 5.94. The minimum Gasteiger partial charge on any atom is -0.369 e. The molecule has 2 aliphatic rings. The van der Waals surface area contributed by atoms with Gasteiger partial charge < -0.3 is 14.5 Å². The second kappa shape index (κ2) is 7.01. The molecule has 3 heterocycles. The summed E-state index contributed by atoms with van der Waals surface area (Å²) in [5, 5.41) is 7.29. The zero-order valence-electron chi connectivity index (χ0n) is 14.5. The van der Waals surface area contributed by atoms with E-state index in [2.05, 4.69) is 15.1 Å². The van der Waals surface area contributed by atoms with Gasteiger partial charge in [0.15, 0.2) is 5.69 Å². The van der Waals surface area contributed by atoms with E-state index in [1.54, 1.807) is 4.90 Å². The van der Waals surface area contributed by atoms with Crippen molar-refractivity contribution >= 4 is 5.91 Å². The minimum atomic E-state index is -0.0264. The molecule has 1 saturated heterocycles. The molecule has 6 heteroatoms. The van der Waals surface area contributed by atoms with Gasteiger partial charge in [-0.25, -0.2) is 0 Å². The predicted molar refractivity (Wildman–Crippen MR) is 88.5 cm³/mol. The summed E-state index contributed by atoms with van der Waals surface area (Å²) in [6.07, 6.45) is 4.74. The maximum Gasteiger partial charge on any atom is 0.274 e. The first kappa shape index (κ1) is 16.5. The number of carbonyl (C=O) groups is 1. The van der Waals surface area contributed by atoms with Gasteiger partial charge in [0.25, 0.3) is 5.91 Å². The number of aromatic nitrogens is 2. The van der Waals surface area contributed by atoms with Gasteiger partial charge in [-0.15, -0.1) is 0 Å². The van der Waals surface area contributed by atoms with E-state index in [0.717, 1.165) is 43.9 Å². The molecule has 1 aromatic heterocycles. The van der Waals surface area contributed by atoms with Crippen LogP contribution in [0.4, 0.5) is 0 Å². The predicted octanol–water partition coefficient (Wildman–Crippen LogP) is 1.99. The molecule has 3 rings (SSSR count). The first-order chi connectivity index (χ1) is 11.1. The normalized spacial score (nSPS) is 25.2. The van der Waals surface area contributed by atoms with Crippen molar-refractivity contribution in [2.75, 3.05) is 33.2 Å². The topological polar surface area (TPSA) is 61.5 Å². The highest BCUT2D eigenvalue weighted by atomic mass is 16.5. The number of nitrogens with one attached hydrogen (secondary N) is 1. The number of rotatable bonds is 4. The lowest BCUT2D eigenvalue weighted by atomic mass is 9.99. The molecule has 6 nitrogen and oxygen atoms in total. The molecule has 1 N–H and O–H groups in total. The second-order valence-electron chi connectivity index (χ2n) is 6.89. The Labute approximate surface area is 138 Å². The molecule has 1 fully saturated rings. The Balaban J connectivity index is 1.63. The Bertz CT molecular complexity index is 551. The Hall–Kier alpha value is -1.40. The van der Waals surface area contributed by atoms with Gasteiger partial charge in [0.2, 0.25) is 0 Å². The Morgan fingerprint density at radius 3 is 2.83 bits per heavy atom. The molecule has 1 aromatic rings. The molecule has 1 amide bonds. The Kier molecular flexibility index (Phi) is 5.02. The van der Waals surface area contributed by atoms with E-state index in [9.17, 15) is 4.79 Å². The smallest absolute Gasteiger partial charge is 0.274 e. The second-order valence-corrected chi connectivity index (χ2v) is 6.89. The molecule has 2 atom stereocenters. The van der Waals surface area contributed by atoms with Gasteiger partial charge in [0.1, 0.15) is 0 Å². The third-order valence-corrected chi connectivity index (χ3v) is 4.98. The summed E-state index contributed by atoms with van der Waals surface area (Å²) in [5.41, 5.74) is 2.56. The van der Waals surface area contributed by atoms with E-state index >= 15 is 0 Å². The number of piperidine rings is 1. The largest absolute Gasteiger partial charge is 0.369 e. The van der Waals surface area contributed by atoms with Crippen molar-refractivity contribution < 1.29 is 9.53 Å². The molecule has 0 aromatic carbocycles. The number of amides is 1. The van der Waals surface area contributed by atoms with Gasteiger partial charge in [-0.3, -0.25) is 9.89 Å². The van der Waals surface area contributed by atoms with Gasteiger partial charge >= 0.3 is 0 Å². The lowest BCUT2D eigenvalue weighted by Crippen LogP contribution is -2.39. The van der Waals surface area contributed by atoms with Crippen molar-refractivity contribution in [3.63, 3.8) is 0 Å². The van der Waals surface area contributed by atoms with Gasteiger partial charge in [-0.05, 0) is 39.8 Å². The molecule has 0 aliphatic carbocycles. The first-order valence-corrected chi connectivity index (χ1v) is 8.76. The summed E-state index contributed by atoms with van der Waals surface area (Å²) in [4.78, 5) is 17.0. The number of hydrogen-bond acceptors (Lipinski definition) is 4. The summed E-state index contributed by atoms with van der Waals surface area (Å²) >= 11 is 0. The summed E-state index contributed by atoms with van der Waals surface area (Å²) in [6.45, 7) is 8.06. The maximum absolute atomic E-state index is 12.7. The third kappa shape index (κ3) is 3.58. The zero-order valence-corrected chi connectivity index (χ0v) is 14.5. The van der Waals surface area contributed by atoms with E-state index in [1.807, 2.05) is 20.9 Å². The molecule has 0 unspecified atom stereocenters. The van der Waals surface area contributed by atoms with Crippen molar-refractivity contribution in [2.24, 2.45) is 0 Å². The molecule has 0 bridgehead atoms. The fraction of sp³-hybridized carbons (Fsp3) is 0.765. The quantitative estimate of drug-likeness (QED) is 0.921. The molecule has 0 radical (unpaired) electrons. The van der Waals surface area contributed by atoms with Gasteiger partial charge in [0.05, 0.1) is 17.9 Å². The van der Waals surface area contributed by atoms with Crippen LogP contribution >= 0.6 is 0 Å². The van der Waals surface area contributed by atoms with Gasteiger partial charge in [-0.2, -0.15) is 5.10 Å². The molecular weight excluding hydrogens is 292 g/mol. The van der Waals surface area contributed by atoms with Crippen LogP contribution < -0.4 is 0 Å². The monoisotopic (exact) mass is 320 g/mol. The molecule has 128 valence electrons. The fourth-order valence-corrected chi connectivity index (χ4v) is 3.61. The first-order valence-electron chi connectivity index (χ1n) is 8.76. The van der Waals surface area contributed by atoms with Crippen LogP contribution in [0.25, 0.3) is 0 Å². The average Bonchev–Trinajstić information content (AvgIpc) is 2.97. The zero-order chi connectivity index (χ0) is 16.4. The summed E-state index contributed by atoms with van der Waals surface area (Å²) in [7, 11) is 1.87. The number of aromatic amines is 1. The van der Waals surface area contributed by atoms with Crippen LogP contribution in [0.3, 0.4) is 0 Å². The van der Waals surface area contributed by atoms with Crippen LogP contribution in [0.1, 0.15) is 61.0 Å². The summed E-state index contributed by atoms with van der Waals surface area (Å²) in [5.74, 6) is 0.0146. The molecular formula is C17H28N4O2. The number of likely N-dealkylation sites (tertiary alicyclic amines) is 1. The van der Waals surface area contributed by atoms with Crippen LogP contribution in [0.15, 0.2) is 0 Å². The average molecular weight is 320 g/mol. The standard InChI is InChI=1S/C17H28N4O2/c1-12-11-14-15(13(2)23-12)18-19-16(14)17(22)20(3)9-10-21-7-5-4-6-8-21/h12-13H,4-11H2,1-3H3,(H,18,19)/t12-,13+/m1/s1. The maximum atomic E-state index is 12.7. The van der Waals surface area contributed by atoms with Crippen LogP contribution in [0.5, 0.6) is 0 Å². The lowest BCUT2D eigenvalue weighted by molar-refractivity contribution is -0.00701. The van der Waals surface area contributed by atoms with Crippen molar-refractivity contribution in [3.05, 3.63) is 17.0 Å². The lowest BCUT2D eigenvalue weighted by Gasteiger charge is -2.29. The minimum absolute atomic E-state index is 0.0146. The van der Waals surface area contributed by atoms with Crippen LogP contribution in [0.2, 0.25) is 0 Å². The van der Waals surface area contributed by atoms with Crippen LogP contribution in [-0.2, 0) is 11.2 Å². The SMILES string of the molecule is C[C@@H]1Cc2c(C(=O)N(C)CCN3CCCCC3)n[nH]c2[C@H](C)O1. The molecule has 0 saturated carbocycles. The van der Waals surface area contributed by atoms with Gasteiger partial charge in [-0.1, -0.05) is 6.42 Å². The van der Waals surface area contributed by atoms with Crippen molar-refractivity contribution in [3.8, 4) is 0 Å². The van der Waals surface area contributed by atoms with Crippen LogP contribution in [-0.4, -0.2) is 65.2 Å². The number of fused-ring (bicyclic) bond motifs is 1. The highest BCUT2D eigenvalue weighted by Gasteiger charge is 2.30. The number of hydrogen-bond donors (Lipinski definition) is 1. The van der Waals surface area contributed by atoms with E-state index in [1.165, 1.54) is 19.3 Å².